The molecule has 6 nitrogen and oxygen atoms in total. The van der Waals surface area contributed by atoms with Crippen molar-refractivity contribution in [2.24, 2.45) is 0 Å². The number of hydrogen-bond donors (Lipinski definition) is 1. The van der Waals surface area contributed by atoms with E-state index in [0.29, 0.717) is 10.8 Å². The first-order chi connectivity index (χ1) is 9.07. The number of alkyl halides is 1. The molecule has 2 aromatic rings. The Kier molecular flexibility index (Phi) is 2.87. The van der Waals surface area contributed by atoms with Gasteiger partial charge in [-0.25, -0.2) is 13.9 Å². The van der Waals surface area contributed by atoms with Gasteiger partial charge in [-0.1, -0.05) is 11.6 Å². The highest BCUT2D eigenvalue weighted by atomic mass is 35.5. The summed E-state index contributed by atoms with van der Waals surface area (Å²) in [6.45, 7) is 0.0164. The van der Waals surface area contributed by atoms with Gasteiger partial charge in [-0.2, -0.15) is 5.10 Å². The number of anilines is 1. The van der Waals surface area contributed by atoms with Crippen molar-refractivity contribution in [2.75, 3.05) is 18.5 Å². The van der Waals surface area contributed by atoms with E-state index >= 15 is 0 Å². The lowest BCUT2D eigenvalue weighted by Crippen LogP contribution is -2.39. The molecule has 0 saturated carbocycles. The highest BCUT2D eigenvalue weighted by Gasteiger charge is 2.42. The zero-order chi connectivity index (χ0) is 13.5. The largest absolute Gasteiger partial charge is 0.377 e. The number of nitrogens with zero attached hydrogens (tertiary/aromatic N) is 3. The molecule has 1 fully saturated rings. The molecule has 1 saturated heterocycles. The van der Waals surface area contributed by atoms with Gasteiger partial charge in [0.25, 0.3) is 5.91 Å². The minimum Gasteiger partial charge on any atom is -0.377 e. The molecule has 2 aromatic heterocycles. The molecule has 3 heterocycles. The fraction of sp³-hybridized carbons (Fsp3) is 0.364. The van der Waals surface area contributed by atoms with Crippen LogP contribution in [0, 0.1) is 0 Å². The molecular formula is C11H10ClFN4O2. The topological polar surface area (TPSA) is 68.5 Å². The van der Waals surface area contributed by atoms with Crippen molar-refractivity contribution >= 4 is 29.0 Å². The van der Waals surface area contributed by atoms with E-state index in [1.165, 1.54) is 10.7 Å². The number of carbonyl (C=O) groups is 1. The predicted octanol–water partition coefficient (Wildman–Crippen LogP) is 1.45. The Morgan fingerprint density at radius 1 is 1.58 bits per heavy atom. The summed E-state index contributed by atoms with van der Waals surface area (Å²) in [7, 11) is 0. The van der Waals surface area contributed by atoms with Crippen LogP contribution in [0.15, 0.2) is 18.3 Å². The van der Waals surface area contributed by atoms with Crippen LogP contribution < -0.4 is 5.32 Å². The first kappa shape index (κ1) is 12.3. The van der Waals surface area contributed by atoms with E-state index in [1.54, 1.807) is 12.1 Å². The van der Waals surface area contributed by atoms with Crippen LogP contribution in [0.5, 0.6) is 0 Å². The molecule has 0 bridgehead atoms. The molecular weight excluding hydrogens is 275 g/mol. The van der Waals surface area contributed by atoms with Gasteiger partial charge >= 0.3 is 0 Å². The van der Waals surface area contributed by atoms with Crippen molar-refractivity contribution in [3.05, 3.63) is 23.5 Å². The van der Waals surface area contributed by atoms with Gasteiger partial charge in [0.05, 0.1) is 19.4 Å². The molecule has 8 heteroatoms. The fourth-order valence-electron chi connectivity index (χ4n) is 1.87. The average molecular weight is 285 g/mol. The zero-order valence-electron chi connectivity index (χ0n) is 9.77. The maximum atomic E-state index is 14.1. The van der Waals surface area contributed by atoms with E-state index in [9.17, 15) is 9.18 Å². The Labute approximate surface area is 112 Å². The Morgan fingerprint density at radius 2 is 2.42 bits per heavy atom. The molecule has 0 aromatic carbocycles. The second-order valence-corrected chi connectivity index (χ2v) is 4.69. The Balaban J connectivity index is 1.83. The summed E-state index contributed by atoms with van der Waals surface area (Å²) in [5, 5.41) is 6.69. The first-order valence-electron chi connectivity index (χ1n) is 5.67. The van der Waals surface area contributed by atoms with Gasteiger partial charge in [0.2, 0.25) is 5.67 Å². The lowest BCUT2D eigenvalue weighted by molar-refractivity contribution is -0.127. The van der Waals surface area contributed by atoms with E-state index < -0.39 is 11.6 Å². The lowest BCUT2D eigenvalue weighted by Gasteiger charge is -2.15. The van der Waals surface area contributed by atoms with Gasteiger partial charge in [0.15, 0.2) is 11.5 Å². The number of carbonyl (C=O) groups excluding carboxylic acids is 1. The minimum absolute atomic E-state index is 0.0519. The number of amides is 1. The highest BCUT2D eigenvalue weighted by molar-refractivity contribution is 6.29. The average Bonchev–Trinajstić information content (AvgIpc) is 2.95. The summed E-state index contributed by atoms with van der Waals surface area (Å²) in [6, 6.07) is 3.23. The number of aromatic nitrogens is 3. The van der Waals surface area contributed by atoms with E-state index in [-0.39, 0.29) is 25.5 Å². The van der Waals surface area contributed by atoms with E-state index in [0.717, 1.165) is 0 Å². The molecule has 100 valence electrons. The van der Waals surface area contributed by atoms with Gasteiger partial charge in [-0.05, 0) is 12.1 Å². The maximum Gasteiger partial charge on any atom is 0.265 e. The molecule has 1 N–H and O–H groups in total. The van der Waals surface area contributed by atoms with Crippen molar-refractivity contribution in [3.8, 4) is 0 Å². The van der Waals surface area contributed by atoms with Crippen LogP contribution in [-0.4, -0.2) is 39.4 Å². The molecule has 19 heavy (non-hydrogen) atoms. The monoisotopic (exact) mass is 284 g/mol. The second kappa shape index (κ2) is 4.43. The number of nitrogens with one attached hydrogen (secondary N) is 1. The molecule has 0 aliphatic carbocycles. The van der Waals surface area contributed by atoms with Crippen LogP contribution >= 0.6 is 11.6 Å². The predicted molar refractivity (Wildman–Crippen MR) is 65.9 cm³/mol. The number of halogens is 2. The zero-order valence-corrected chi connectivity index (χ0v) is 10.5. The van der Waals surface area contributed by atoms with E-state index in [4.69, 9.17) is 16.3 Å². The first-order valence-corrected chi connectivity index (χ1v) is 6.05. The Morgan fingerprint density at radius 3 is 3.16 bits per heavy atom. The summed E-state index contributed by atoms with van der Waals surface area (Å²) < 4.78 is 20.4. The number of ether oxygens (including phenoxy) is 1. The number of fused-ring (bicyclic) bond motifs is 1. The quantitative estimate of drug-likeness (QED) is 0.906. The molecule has 1 amide bonds. The normalized spacial score (nSPS) is 22.8. The third-order valence-corrected chi connectivity index (χ3v) is 3.11. The van der Waals surface area contributed by atoms with Crippen LogP contribution in [0.3, 0.4) is 0 Å². The standard InChI is InChI=1S/C11H10ClFN4O2/c12-7-1-2-9-14-8(5-17(9)16-7)15-10(18)11(13)3-4-19-6-11/h1-2,5H,3-4,6H2,(H,15,18). The van der Waals surface area contributed by atoms with Crippen molar-refractivity contribution in [3.63, 3.8) is 0 Å². The molecule has 1 unspecified atom stereocenters. The minimum atomic E-state index is -1.99. The Hall–Kier alpha value is -1.73. The van der Waals surface area contributed by atoms with Crippen LogP contribution in [-0.2, 0) is 9.53 Å². The summed E-state index contributed by atoms with van der Waals surface area (Å²) in [6.07, 6.45) is 1.52. The van der Waals surface area contributed by atoms with Crippen molar-refractivity contribution in [2.45, 2.75) is 12.1 Å². The second-order valence-electron chi connectivity index (χ2n) is 4.31. The van der Waals surface area contributed by atoms with Crippen molar-refractivity contribution in [1.82, 2.24) is 14.6 Å². The SMILES string of the molecule is O=C(Nc1cn2nc(Cl)ccc2n1)C1(F)CCOC1. The van der Waals surface area contributed by atoms with Crippen LogP contribution in [0.4, 0.5) is 10.2 Å². The summed E-state index contributed by atoms with van der Waals surface area (Å²) in [5.41, 5.74) is -1.48. The third-order valence-electron chi connectivity index (χ3n) is 2.91. The smallest absolute Gasteiger partial charge is 0.265 e. The maximum absolute atomic E-state index is 14.1. The molecule has 1 aliphatic heterocycles. The van der Waals surface area contributed by atoms with Crippen LogP contribution in [0.2, 0.25) is 5.15 Å². The van der Waals surface area contributed by atoms with Crippen LogP contribution in [0.25, 0.3) is 5.65 Å². The molecule has 1 aliphatic rings. The van der Waals surface area contributed by atoms with E-state index in [2.05, 4.69) is 15.4 Å². The summed E-state index contributed by atoms with van der Waals surface area (Å²) in [4.78, 5) is 15.9. The fourth-order valence-corrected chi connectivity index (χ4v) is 2.01. The number of hydrogen-bond acceptors (Lipinski definition) is 4. The molecule has 0 spiro atoms. The van der Waals surface area contributed by atoms with Crippen molar-refractivity contribution < 1.29 is 13.9 Å². The van der Waals surface area contributed by atoms with Gasteiger partial charge in [-0.3, -0.25) is 4.79 Å². The summed E-state index contributed by atoms with van der Waals surface area (Å²) in [5.74, 6) is -0.525. The number of rotatable bonds is 2. The number of imidazole rings is 1. The lowest BCUT2D eigenvalue weighted by atomic mass is 10.1. The van der Waals surface area contributed by atoms with Gasteiger partial charge in [0.1, 0.15) is 5.15 Å². The molecule has 1 atom stereocenters. The molecule has 3 rings (SSSR count). The van der Waals surface area contributed by atoms with Crippen LogP contribution in [0.1, 0.15) is 6.42 Å². The molecule has 0 radical (unpaired) electrons. The van der Waals surface area contributed by atoms with Gasteiger partial charge in [-0.15, -0.1) is 0 Å². The summed E-state index contributed by atoms with van der Waals surface area (Å²) >= 11 is 5.74. The van der Waals surface area contributed by atoms with Crippen molar-refractivity contribution in [1.29, 1.82) is 0 Å². The highest BCUT2D eigenvalue weighted by Crippen LogP contribution is 2.25. The van der Waals surface area contributed by atoms with Gasteiger partial charge < -0.3 is 10.1 Å². The van der Waals surface area contributed by atoms with Gasteiger partial charge in [0, 0.05) is 6.42 Å². The Bertz CT molecular complexity index is 639. The third kappa shape index (κ3) is 2.26. The van der Waals surface area contributed by atoms with E-state index in [1.807, 2.05) is 0 Å².